The highest BCUT2D eigenvalue weighted by atomic mass is 32.1. The van der Waals surface area contributed by atoms with Gasteiger partial charge >= 0.3 is 0 Å². The molecule has 1 aliphatic rings. The van der Waals surface area contributed by atoms with Crippen LogP contribution in [0.5, 0.6) is 0 Å². The average molecular weight is 332 g/mol. The molecule has 0 radical (unpaired) electrons. The third kappa shape index (κ3) is 3.32. The zero-order chi connectivity index (χ0) is 16.6. The molecule has 1 atom stereocenters. The lowest BCUT2D eigenvalue weighted by atomic mass is 9.93. The van der Waals surface area contributed by atoms with Gasteiger partial charge in [0.05, 0.1) is 17.9 Å². The van der Waals surface area contributed by atoms with Crippen LogP contribution in [0.2, 0.25) is 0 Å². The molecule has 3 heterocycles. The van der Waals surface area contributed by atoms with Crippen LogP contribution in [0.25, 0.3) is 0 Å². The molecule has 1 saturated heterocycles. The Labute approximate surface area is 141 Å². The van der Waals surface area contributed by atoms with Crippen molar-refractivity contribution >= 4 is 17.2 Å². The number of thiazole rings is 1. The van der Waals surface area contributed by atoms with Crippen molar-refractivity contribution in [2.24, 2.45) is 0 Å². The third-order valence-electron chi connectivity index (χ3n) is 4.27. The van der Waals surface area contributed by atoms with Crippen molar-refractivity contribution < 1.29 is 4.79 Å². The normalized spacial score (nSPS) is 19.1. The molecule has 0 spiro atoms. The summed E-state index contributed by atoms with van der Waals surface area (Å²) >= 11 is 1.67. The Morgan fingerprint density at radius 1 is 1.39 bits per heavy atom. The molecule has 1 aliphatic heterocycles. The van der Waals surface area contributed by atoms with Crippen molar-refractivity contribution in [2.75, 3.05) is 6.54 Å². The molecule has 1 amide bonds. The maximum Gasteiger partial charge on any atom is 0.272 e. The van der Waals surface area contributed by atoms with E-state index in [1.54, 1.807) is 17.5 Å². The van der Waals surface area contributed by atoms with E-state index < -0.39 is 0 Å². The largest absolute Gasteiger partial charge is 0.338 e. The van der Waals surface area contributed by atoms with Gasteiger partial charge in [-0.25, -0.2) is 9.97 Å². The predicted molar refractivity (Wildman–Crippen MR) is 91.8 cm³/mol. The number of hydrogen-bond acceptors (Lipinski definition) is 4. The number of aromatic nitrogens is 3. The second-order valence-electron chi connectivity index (χ2n) is 7.21. The molecule has 0 aromatic carbocycles. The first-order chi connectivity index (χ1) is 10.9. The van der Waals surface area contributed by atoms with Gasteiger partial charge in [0.25, 0.3) is 5.91 Å². The summed E-state index contributed by atoms with van der Waals surface area (Å²) in [5, 5.41) is 3.19. The average Bonchev–Trinajstić information content (AvgIpc) is 3.15. The molecular weight excluding hydrogens is 308 g/mol. The summed E-state index contributed by atoms with van der Waals surface area (Å²) in [6, 6.07) is 0.0842. The Bertz CT molecular complexity index is 698. The summed E-state index contributed by atoms with van der Waals surface area (Å²) < 4.78 is 0. The van der Waals surface area contributed by atoms with Gasteiger partial charge in [-0.2, -0.15) is 0 Å². The number of amides is 1. The summed E-state index contributed by atoms with van der Waals surface area (Å²) in [5.74, 6) is 0.800. The summed E-state index contributed by atoms with van der Waals surface area (Å²) in [5.41, 5.74) is 1.72. The molecule has 1 unspecified atom stereocenters. The lowest BCUT2D eigenvalue weighted by Gasteiger charge is -2.34. The Morgan fingerprint density at radius 2 is 2.17 bits per heavy atom. The third-order valence-corrected chi connectivity index (χ3v) is 5.22. The minimum atomic E-state index is 0.0304. The number of nitrogens with zero attached hydrogens (tertiary/aromatic N) is 3. The Hall–Kier alpha value is -1.69. The monoisotopic (exact) mass is 332 g/mol. The summed E-state index contributed by atoms with van der Waals surface area (Å²) in [7, 11) is 0. The quantitative estimate of drug-likeness (QED) is 0.909. The van der Waals surface area contributed by atoms with Gasteiger partial charge in [-0.15, -0.1) is 11.3 Å². The maximum absolute atomic E-state index is 12.8. The SMILES string of the molecule is Cc1ncc(C(=O)N2CCCCC2c2nc(C(C)(C)C)cs2)[nH]1. The highest BCUT2D eigenvalue weighted by molar-refractivity contribution is 7.09. The van der Waals surface area contributed by atoms with Crippen LogP contribution in [0.15, 0.2) is 11.6 Å². The molecule has 3 rings (SSSR count). The molecule has 6 heteroatoms. The van der Waals surface area contributed by atoms with Crippen molar-refractivity contribution in [2.45, 2.75) is 58.4 Å². The first-order valence-electron chi connectivity index (χ1n) is 8.15. The molecular formula is C17H24N4OS. The topological polar surface area (TPSA) is 61.9 Å². The van der Waals surface area contributed by atoms with Crippen LogP contribution in [0.3, 0.4) is 0 Å². The van der Waals surface area contributed by atoms with Crippen LogP contribution in [0.4, 0.5) is 0 Å². The number of imidazole rings is 1. The van der Waals surface area contributed by atoms with Crippen LogP contribution in [0.1, 0.15) is 73.1 Å². The molecule has 23 heavy (non-hydrogen) atoms. The van der Waals surface area contributed by atoms with E-state index in [9.17, 15) is 4.79 Å². The van der Waals surface area contributed by atoms with Gasteiger partial charge in [-0.05, 0) is 26.2 Å². The second-order valence-corrected chi connectivity index (χ2v) is 8.10. The smallest absolute Gasteiger partial charge is 0.272 e. The molecule has 1 N–H and O–H groups in total. The van der Waals surface area contributed by atoms with Crippen LogP contribution in [-0.4, -0.2) is 32.3 Å². The van der Waals surface area contributed by atoms with Gasteiger partial charge in [-0.1, -0.05) is 20.8 Å². The first kappa shape index (κ1) is 16.2. The van der Waals surface area contributed by atoms with E-state index in [2.05, 4.69) is 36.1 Å². The zero-order valence-electron chi connectivity index (χ0n) is 14.2. The van der Waals surface area contributed by atoms with E-state index in [4.69, 9.17) is 4.98 Å². The first-order valence-corrected chi connectivity index (χ1v) is 9.02. The number of hydrogen-bond donors (Lipinski definition) is 1. The number of nitrogens with one attached hydrogen (secondary N) is 1. The van der Waals surface area contributed by atoms with Gasteiger partial charge in [0.1, 0.15) is 16.5 Å². The lowest BCUT2D eigenvalue weighted by molar-refractivity contribution is 0.0605. The number of aromatic amines is 1. The fraction of sp³-hybridized carbons (Fsp3) is 0.588. The Kier molecular flexibility index (Phi) is 4.27. The van der Waals surface area contributed by atoms with E-state index in [1.165, 1.54) is 0 Å². The lowest BCUT2D eigenvalue weighted by Crippen LogP contribution is -2.38. The molecule has 0 saturated carbocycles. The van der Waals surface area contributed by atoms with Gasteiger partial charge in [-0.3, -0.25) is 4.79 Å². The predicted octanol–water partition coefficient (Wildman–Crippen LogP) is 3.84. The second kappa shape index (κ2) is 6.07. The van der Waals surface area contributed by atoms with Gasteiger partial charge in [0.15, 0.2) is 0 Å². The number of rotatable bonds is 2. The van der Waals surface area contributed by atoms with Crippen molar-refractivity contribution in [1.82, 2.24) is 19.9 Å². The molecule has 1 fully saturated rings. The fourth-order valence-corrected chi connectivity index (χ4v) is 4.09. The summed E-state index contributed by atoms with van der Waals surface area (Å²) in [6.07, 6.45) is 4.80. The maximum atomic E-state index is 12.8. The van der Waals surface area contributed by atoms with Crippen molar-refractivity contribution in [3.8, 4) is 0 Å². The van der Waals surface area contributed by atoms with Gasteiger partial charge in [0.2, 0.25) is 0 Å². The highest BCUT2D eigenvalue weighted by Gasteiger charge is 2.32. The number of carbonyl (C=O) groups excluding carboxylic acids is 1. The van der Waals surface area contributed by atoms with Crippen LogP contribution in [-0.2, 0) is 5.41 Å². The van der Waals surface area contributed by atoms with Gasteiger partial charge < -0.3 is 9.88 Å². The Balaban J connectivity index is 1.87. The molecule has 0 bridgehead atoms. The fourth-order valence-electron chi connectivity index (χ4n) is 2.90. The van der Waals surface area contributed by atoms with E-state index >= 15 is 0 Å². The van der Waals surface area contributed by atoms with Crippen LogP contribution >= 0.6 is 11.3 Å². The zero-order valence-corrected chi connectivity index (χ0v) is 15.0. The summed E-state index contributed by atoms with van der Waals surface area (Å²) in [6.45, 7) is 9.15. The highest BCUT2D eigenvalue weighted by Crippen LogP contribution is 2.35. The number of H-pyrrole nitrogens is 1. The van der Waals surface area contributed by atoms with Gasteiger partial charge in [0, 0.05) is 17.3 Å². The van der Waals surface area contributed by atoms with Crippen molar-refractivity contribution in [3.63, 3.8) is 0 Å². The summed E-state index contributed by atoms with van der Waals surface area (Å²) in [4.78, 5) is 26.8. The minimum absolute atomic E-state index is 0.0304. The number of carbonyl (C=O) groups is 1. The molecule has 0 aliphatic carbocycles. The van der Waals surface area contributed by atoms with Crippen LogP contribution < -0.4 is 0 Å². The standard InChI is InChI=1S/C17H24N4OS/c1-11-18-9-12(19-11)16(22)21-8-6-5-7-13(21)15-20-14(10-23-15)17(2,3)4/h9-10,13H,5-8H2,1-4H3,(H,18,19). The van der Waals surface area contributed by atoms with Crippen LogP contribution in [0, 0.1) is 6.92 Å². The number of aryl methyl sites for hydroxylation is 1. The molecule has 2 aromatic rings. The van der Waals surface area contributed by atoms with E-state index in [0.717, 1.165) is 42.3 Å². The Morgan fingerprint density at radius 3 is 2.78 bits per heavy atom. The van der Waals surface area contributed by atoms with Crippen molar-refractivity contribution in [1.29, 1.82) is 0 Å². The number of piperidine rings is 1. The van der Waals surface area contributed by atoms with Crippen molar-refractivity contribution in [3.05, 3.63) is 33.8 Å². The molecule has 5 nitrogen and oxygen atoms in total. The van der Waals surface area contributed by atoms with E-state index in [1.807, 2.05) is 11.8 Å². The minimum Gasteiger partial charge on any atom is -0.338 e. The van der Waals surface area contributed by atoms with E-state index in [-0.39, 0.29) is 17.4 Å². The molecule has 124 valence electrons. The number of likely N-dealkylation sites (tertiary alicyclic amines) is 1. The molecule has 2 aromatic heterocycles. The van der Waals surface area contributed by atoms with E-state index in [0.29, 0.717) is 5.69 Å².